The van der Waals surface area contributed by atoms with Gasteiger partial charge in [-0.15, -0.1) is 10.2 Å². The lowest BCUT2D eigenvalue weighted by atomic mass is 10.0. The summed E-state index contributed by atoms with van der Waals surface area (Å²) in [6.07, 6.45) is -2.95. The van der Waals surface area contributed by atoms with Crippen LogP contribution in [-0.2, 0) is 10.9 Å². The molecule has 32 heavy (non-hydrogen) atoms. The molecule has 174 valence electrons. The Morgan fingerprint density at radius 3 is 2.38 bits per heavy atom. The van der Waals surface area contributed by atoms with Crippen molar-refractivity contribution in [3.63, 3.8) is 0 Å². The van der Waals surface area contributed by atoms with E-state index in [9.17, 15) is 18.0 Å². The molecule has 3 rings (SSSR count). The van der Waals surface area contributed by atoms with Crippen LogP contribution < -0.4 is 4.90 Å². The van der Waals surface area contributed by atoms with Crippen molar-refractivity contribution in [2.24, 2.45) is 0 Å². The van der Waals surface area contributed by atoms with E-state index in [1.54, 1.807) is 4.90 Å². The van der Waals surface area contributed by atoms with E-state index in [2.05, 4.69) is 10.2 Å². The summed E-state index contributed by atoms with van der Waals surface area (Å²) in [6.45, 7) is 8.55. The summed E-state index contributed by atoms with van der Waals surface area (Å²) in [5.41, 5.74) is 0.671. The van der Waals surface area contributed by atoms with Crippen LogP contribution in [-0.4, -0.2) is 53.0 Å². The zero-order valence-electron chi connectivity index (χ0n) is 19.0. The summed E-state index contributed by atoms with van der Waals surface area (Å²) in [6, 6.07) is 6.83. The van der Waals surface area contributed by atoms with E-state index in [1.807, 2.05) is 45.7 Å². The van der Waals surface area contributed by atoms with Crippen molar-refractivity contribution < 1.29 is 22.7 Å². The number of carbonyl (C=O) groups is 1. The van der Waals surface area contributed by atoms with E-state index in [1.165, 1.54) is 12.1 Å². The van der Waals surface area contributed by atoms with Crippen LogP contribution >= 0.6 is 0 Å². The third-order valence-electron chi connectivity index (χ3n) is 5.41. The van der Waals surface area contributed by atoms with E-state index in [0.717, 1.165) is 30.5 Å². The molecule has 9 heteroatoms. The van der Waals surface area contributed by atoms with Gasteiger partial charge in [0.1, 0.15) is 5.60 Å². The number of halogens is 3. The second-order valence-electron chi connectivity index (χ2n) is 9.14. The molecular formula is C23H29F3N4O2. The molecule has 6 nitrogen and oxygen atoms in total. The fourth-order valence-electron chi connectivity index (χ4n) is 3.70. The highest BCUT2D eigenvalue weighted by molar-refractivity contribution is 5.68. The van der Waals surface area contributed by atoms with Crippen LogP contribution in [0.15, 0.2) is 30.3 Å². The van der Waals surface area contributed by atoms with Crippen molar-refractivity contribution in [2.45, 2.75) is 58.4 Å². The van der Waals surface area contributed by atoms with Crippen LogP contribution in [0.4, 0.5) is 23.8 Å². The smallest absolute Gasteiger partial charge is 0.416 e. The fraction of sp³-hybridized carbons (Fsp3) is 0.522. The van der Waals surface area contributed by atoms with Gasteiger partial charge in [-0.05, 0) is 64.3 Å². The molecule has 1 fully saturated rings. The minimum absolute atomic E-state index is 0.0573. The Bertz CT molecular complexity index is 955. The average molecular weight is 451 g/mol. The molecule has 1 aromatic heterocycles. The van der Waals surface area contributed by atoms with E-state index in [4.69, 9.17) is 4.74 Å². The van der Waals surface area contributed by atoms with Crippen LogP contribution in [0.2, 0.25) is 0 Å². The third kappa shape index (κ3) is 5.69. The van der Waals surface area contributed by atoms with Crippen LogP contribution in [0.3, 0.4) is 0 Å². The molecule has 2 aromatic rings. The number of piperidine rings is 1. The van der Waals surface area contributed by atoms with E-state index in [0.29, 0.717) is 30.2 Å². The summed E-state index contributed by atoms with van der Waals surface area (Å²) in [7, 11) is 1.91. The number of hydrogen-bond donors (Lipinski definition) is 0. The topological polar surface area (TPSA) is 58.6 Å². The highest BCUT2D eigenvalue weighted by Crippen LogP contribution is 2.31. The highest BCUT2D eigenvalue weighted by Gasteiger charge is 2.31. The number of likely N-dealkylation sites (N-methyl/N-ethyl adjacent to an activating group) is 1. The molecule has 0 radical (unpaired) electrons. The molecule has 0 spiro atoms. The largest absolute Gasteiger partial charge is 0.444 e. The van der Waals surface area contributed by atoms with Gasteiger partial charge in [-0.2, -0.15) is 13.2 Å². The van der Waals surface area contributed by atoms with Crippen molar-refractivity contribution in [3.8, 4) is 11.3 Å². The van der Waals surface area contributed by atoms with Crippen molar-refractivity contribution >= 4 is 11.9 Å². The zero-order valence-corrected chi connectivity index (χ0v) is 19.0. The maximum Gasteiger partial charge on any atom is 0.416 e. The number of carbonyl (C=O) groups excluding carboxylic acids is 1. The van der Waals surface area contributed by atoms with Gasteiger partial charge >= 0.3 is 12.3 Å². The van der Waals surface area contributed by atoms with Gasteiger partial charge in [-0.3, -0.25) is 0 Å². The lowest BCUT2D eigenvalue weighted by Crippen LogP contribution is -2.50. The van der Waals surface area contributed by atoms with Gasteiger partial charge in [-0.1, -0.05) is 12.1 Å². The number of aromatic nitrogens is 2. The van der Waals surface area contributed by atoms with E-state index in [-0.39, 0.29) is 12.1 Å². The van der Waals surface area contributed by atoms with Gasteiger partial charge in [0.05, 0.1) is 11.3 Å². The Morgan fingerprint density at radius 2 is 1.81 bits per heavy atom. The molecule has 1 saturated heterocycles. The molecule has 1 aromatic carbocycles. The number of aryl methyl sites for hydroxylation is 1. The summed E-state index contributed by atoms with van der Waals surface area (Å²) in [5, 5.41) is 8.59. The minimum Gasteiger partial charge on any atom is -0.444 e. The lowest BCUT2D eigenvalue weighted by Gasteiger charge is -2.38. The first-order valence-electron chi connectivity index (χ1n) is 10.6. The normalized spacial score (nSPS) is 17.2. The predicted octanol–water partition coefficient (Wildman–Crippen LogP) is 5.31. The summed E-state index contributed by atoms with van der Waals surface area (Å²) >= 11 is 0. The number of anilines is 1. The van der Waals surface area contributed by atoms with Crippen LogP contribution in [0, 0.1) is 6.92 Å². The number of hydrogen-bond acceptors (Lipinski definition) is 5. The molecule has 0 unspecified atom stereocenters. The standard InChI is InChI=1S/C23H29F3N4O2/c1-15-13-19(27-28-20(15)16-8-10-17(11-9-16)23(24,25)26)29(5)18-7-6-12-30(14-18)21(31)32-22(2,3)4/h8-11,13,18H,6-7,12,14H2,1-5H3/t18-/m1/s1. The summed E-state index contributed by atoms with van der Waals surface area (Å²) in [5.74, 6) is 0.647. The quantitative estimate of drug-likeness (QED) is 0.635. The first-order chi connectivity index (χ1) is 14.8. The maximum atomic E-state index is 12.8. The van der Waals surface area contributed by atoms with Gasteiger partial charge in [0, 0.05) is 31.7 Å². The second kappa shape index (κ2) is 8.96. The first-order valence-corrected chi connectivity index (χ1v) is 10.6. The van der Waals surface area contributed by atoms with Crippen molar-refractivity contribution in [1.29, 1.82) is 0 Å². The molecule has 0 N–H and O–H groups in total. The van der Waals surface area contributed by atoms with Gasteiger partial charge in [0.15, 0.2) is 5.82 Å². The van der Waals surface area contributed by atoms with Gasteiger partial charge in [0.2, 0.25) is 0 Å². The third-order valence-corrected chi connectivity index (χ3v) is 5.41. The Balaban J connectivity index is 1.73. The Morgan fingerprint density at radius 1 is 1.16 bits per heavy atom. The molecule has 1 aliphatic rings. The summed E-state index contributed by atoms with van der Waals surface area (Å²) in [4.78, 5) is 16.2. The minimum atomic E-state index is -4.38. The number of rotatable bonds is 3. The molecule has 1 atom stereocenters. The van der Waals surface area contributed by atoms with Crippen LogP contribution in [0.1, 0.15) is 44.7 Å². The predicted molar refractivity (Wildman–Crippen MR) is 116 cm³/mol. The lowest BCUT2D eigenvalue weighted by molar-refractivity contribution is -0.137. The SMILES string of the molecule is Cc1cc(N(C)[C@@H]2CCCN(C(=O)OC(C)(C)C)C2)nnc1-c1ccc(C(F)(F)F)cc1. The number of likely N-dealkylation sites (tertiary alicyclic amines) is 1. The van der Waals surface area contributed by atoms with Crippen molar-refractivity contribution in [3.05, 3.63) is 41.5 Å². The molecule has 0 aliphatic carbocycles. The second-order valence-corrected chi connectivity index (χ2v) is 9.14. The fourth-order valence-corrected chi connectivity index (χ4v) is 3.70. The highest BCUT2D eigenvalue weighted by atomic mass is 19.4. The first kappa shape index (κ1) is 23.8. The number of ether oxygens (including phenoxy) is 1. The number of alkyl halides is 3. The Kier molecular flexibility index (Phi) is 6.67. The van der Waals surface area contributed by atoms with Gasteiger partial charge < -0.3 is 14.5 Å². The van der Waals surface area contributed by atoms with Crippen molar-refractivity contribution in [1.82, 2.24) is 15.1 Å². The van der Waals surface area contributed by atoms with Gasteiger partial charge in [0.25, 0.3) is 0 Å². The molecule has 1 amide bonds. The molecule has 1 aliphatic heterocycles. The monoisotopic (exact) mass is 450 g/mol. The summed E-state index contributed by atoms with van der Waals surface area (Å²) < 4.78 is 43.9. The molecule has 0 bridgehead atoms. The Hall–Kier alpha value is -2.84. The van der Waals surface area contributed by atoms with Crippen LogP contribution in [0.25, 0.3) is 11.3 Å². The van der Waals surface area contributed by atoms with E-state index >= 15 is 0 Å². The van der Waals surface area contributed by atoms with Crippen LogP contribution in [0.5, 0.6) is 0 Å². The molecular weight excluding hydrogens is 421 g/mol. The zero-order chi connectivity index (χ0) is 23.7. The average Bonchev–Trinajstić information content (AvgIpc) is 2.71. The van der Waals surface area contributed by atoms with E-state index < -0.39 is 17.3 Å². The number of nitrogens with zero attached hydrogens (tertiary/aromatic N) is 4. The van der Waals surface area contributed by atoms with Gasteiger partial charge in [-0.25, -0.2) is 4.79 Å². The Labute approximate surface area is 186 Å². The maximum absolute atomic E-state index is 12.8. The molecule has 0 saturated carbocycles. The number of benzene rings is 1. The molecule has 2 heterocycles. The van der Waals surface area contributed by atoms with Crippen molar-refractivity contribution in [2.75, 3.05) is 25.0 Å². The number of amides is 1.